The second kappa shape index (κ2) is 7.02. The average molecular weight is 335 g/mol. The van der Waals surface area contributed by atoms with Crippen LogP contribution < -0.4 is 9.47 Å². The highest BCUT2D eigenvalue weighted by Gasteiger charge is 2.13. The Balaban J connectivity index is 1.81. The van der Waals surface area contributed by atoms with Crippen molar-refractivity contribution in [1.29, 1.82) is 0 Å². The van der Waals surface area contributed by atoms with Crippen molar-refractivity contribution in [3.63, 3.8) is 0 Å². The molecule has 24 heavy (non-hydrogen) atoms. The molecule has 3 rings (SSSR count). The van der Waals surface area contributed by atoms with Crippen molar-refractivity contribution < 1.29 is 4.57 Å². The molecule has 0 unspecified atom stereocenters. The first-order valence-electron chi connectivity index (χ1n) is 8.06. The first-order chi connectivity index (χ1) is 11.5. The average Bonchev–Trinajstić information content (AvgIpc) is 2.89. The lowest BCUT2D eigenvalue weighted by Gasteiger charge is -2.11. The fourth-order valence-electron chi connectivity index (χ4n) is 2.60. The number of nitrogens with zero attached hydrogens (tertiary/aromatic N) is 2. The first kappa shape index (κ1) is 16.5. The molecule has 0 atom stereocenters. The molecule has 0 aliphatic rings. The number of para-hydroxylation sites is 1. The van der Waals surface area contributed by atoms with E-state index in [2.05, 4.69) is 104 Å². The van der Waals surface area contributed by atoms with Crippen LogP contribution in [0.5, 0.6) is 0 Å². The molecule has 1 heterocycles. The summed E-state index contributed by atoms with van der Waals surface area (Å²) in [7, 11) is 6.24. The van der Waals surface area contributed by atoms with Gasteiger partial charge >= 0.3 is 0 Å². The third-order valence-corrected chi connectivity index (χ3v) is 5.24. The number of anilines is 1. The zero-order chi connectivity index (χ0) is 17.1. The number of thiazole rings is 1. The molecule has 122 valence electrons. The van der Waals surface area contributed by atoms with Gasteiger partial charge < -0.3 is 4.90 Å². The molecule has 0 aliphatic heterocycles. The zero-order valence-electron chi connectivity index (χ0n) is 14.7. The number of hydrogen-bond acceptors (Lipinski definition) is 2. The highest BCUT2D eigenvalue weighted by atomic mass is 32.1. The lowest BCUT2D eigenvalue weighted by atomic mass is 10.1. The van der Waals surface area contributed by atoms with Crippen LogP contribution in [-0.4, -0.2) is 14.1 Å². The van der Waals surface area contributed by atoms with Gasteiger partial charge in [0.15, 0.2) is 0 Å². The largest absolute Gasteiger partial charge is 0.378 e. The molecule has 0 saturated carbocycles. The molecular weight excluding hydrogens is 312 g/mol. The molecule has 3 heteroatoms. The number of aryl methyl sites for hydroxylation is 1. The van der Waals surface area contributed by atoms with Crippen molar-refractivity contribution in [2.45, 2.75) is 6.92 Å². The summed E-state index contributed by atoms with van der Waals surface area (Å²) in [5.74, 6) is 0. The molecule has 0 bridgehead atoms. The summed E-state index contributed by atoms with van der Waals surface area (Å²) in [6.45, 7) is 2.15. The van der Waals surface area contributed by atoms with Crippen LogP contribution in [0.1, 0.15) is 17.5 Å². The van der Waals surface area contributed by atoms with Crippen molar-refractivity contribution in [3.8, 4) is 0 Å². The Labute approximate surface area is 148 Å². The van der Waals surface area contributed by atoms with Gasteiger partial charge in [0, 0.05) is 31.9 Å². The number of benzene rings is 2. The number of aromatic nitrogens is 1. The molecule has 0 fully saturated rings. The fraction of sp³-hybridized carbons (Fsp3) is 0.190. The van der Waals surface area contributed by atoms with Gasteiger partial charge in [-0.05, 0) is 36.3 Å². The lowest BCUT2D eigenvalue weighted by molar-refractivity contribution is -0.642. The van der Waals surface area contributed by atoms with Crippen molar-refractivity contribution in [3.05, 3.63) is 70.8 Å². The normalized spacial score (nSPS) is 12.2. The third-order valence-electron chi connectivity index (χ3n) is 4.07. The summed E-state index contributed by atoms with van der Waals surface area (Å²) < 4.78 is 3.57. The van der Waals surface area contributed by atoms with Crippen LogP contribution in [0.4, 0.5) is 5.69 Å². The maximum Gasteiger partial charge on any atom is 0.262 e. The van der Waals surface area contributed by atoms with E-state index in [1.807, 2.05) is 11.3 Å². The predicted octanol–water partition coefficient (Wildman–Crippen LogP) is 4.91. The molecule has 3 aromatic rings. The molecular formula is C21H23N2S+. The summed E-state index contributed by atoms with van der Waals surface area (Å²) in [5, 5.41) is 1.27. The van der Waals surface area contributed by atoms with Gasteiger partial charge in [0.25, 0.3) is 5.01 Å². The summed E-state index contributed by atoms with van der Waals surface area (Å²) >= 11 is 1.83. The molecule has 0 spiro atoms. The van der Waals surface area contributed by atoms with E-state index >= 15 is 0 Å². The highest BCUT2D eigenvalue weighted by Crippen LogP contribution is 2.22. The summed E-state index contributed by atoms with van der Waals surface area (Å²) in [6, 6.07) is 17.1. The van der Waals surface area contributed by atoms with Crippen LogP contribution in [0, 0.1) is 0 Å². The van der Waals surface area contributed by atoms with Crippen molar-refractivity contribution in [1.82, 2.24) is 0 Å². The standard InChI is InChI=1S/C21H23N2S/c1-16(9-10-17-11-13-18(14-12-17)22(2)3)15-21-23(4)19-7-5-6-8-20(19)24-21/h5-15H,1-4H3/q+1. The second-order valence-corrected chi connectivity index (χ2v) is 7.24. The van der Waals surface area contributed by atoms with Crippen LogP contribution in [-0.2, 0) is 7.05 Å². The predicted molar refractivity (Wildman–Crippen MR) is 106 cm³/mol. The Morgan fingerprint density at radius 1 is 1.04 bits per heavy atom. The number of fused-ring (bicyclic) bond motifs is 1. The Morgan fingerprint density at radius 2 is 1.75 bits per heavy atom. The molecule has 0 N–H and O–H groups in total. The van der Waals surface area contributed by atoms with Gasteiger partial charge in [-0.3, -0.25) is 0 Å². The van der Waals surface area contributed by atoms with Crippen LogP contribution in [0.3, 0.4) is 0 Å². The minimum Gasteiger partial charge on any atom is -0.378 e. The maximum atomic E-state index is 2.25. The summed E-state index contributed by atoms with van der Waals surface area (Å²) in [4.78, 5) is 2.11. The van der Waals surface area contributed by atoms with E-state index in [-0.39, 0.29) is 0 Å². The second-order valence-electron chi connectivity index (χ2n) is 6.17. The lowest BCUT2D eigenvalue weighted by Crippen LogP contribution is -2.28. The molecule has 1 aromatic heterocycles. The topological polar surface area (TPSA) is 7.12 Å². The van der Waals surface area contributed by atoms with Crippen LogP contribution >= 0.6 is 11.3 Å². The quantitative estimate of drug-likeness (QED) is 0.485. The van der Waals surface area contributed by atoms with E-state index in [0.717, 1.165) is 0 Å². The smallest absolute Gasteiger partial charge is 0.262 e. The Kier molecular flexibility index (Phi) is 4.81. The van der Waals surface area contributed by atoms with Crippen LogP contribution in [0.25, 0.3) is 22.4 Å². The van der Waals surface area contributed by atoms with Crippen LogP contribution in [0.2, 0.25) is 0 Å². The van der Waals surface area contributed by atoms with Gasteiger partial charge in [-0.25, -0.2) is 0 Å². The van der Waals surface area contributed by atoms with Gasteiger partial charge in [0.05, 0.1) is 0 Å². The summed E-state index contributed by atoms with van der Waals surface area (Å²) in [6.07, 6.45) is 6.59. The van der Waals surface area contributed by atoms with E-state index < -0.39 is 0 Å². The molecule has 0 amide bonds. The van der Waals surface area contributed by atoms with E-state index in [1.165, 1.54) is 32.0 Å². The number of hydrogen-bond donors (Lipinski definition) is 0. The Bertz CT molecular complexity index is 899. The first-order valence-corrected chi connectivity index (χ1v) is 8.87. The van der Waals surface area contributed by atoms with E-state index in [9.17, 15) is 0 Å². The molecule has 0 radical (unpaired) electrons. The van der Waals surface area contributed by atoms with Gasteiger partial charge in [0.2, 0.25) is 5.52 Å². The Hall–Kier alpha value is -2.39. The minimum atomic E-state index is 1.22. The van der Waals surface area contributed by atoms with Crippen LogP contribution in [0.15, 0.2) is 60.2 Å². The van der Waals surface area contributed by atoms with Gasteiger partial charge in [-0.1, -0.05) is 47.8 Å². The molecule has 0 aliphatic carbocycles. The number of rotatable bonds is 4. The minimum absolute atomic E-state index is 1.22. The SMILES string of the molecule is CC(/C=C/c1ccc(N(C)C)cc1)=C\c1sc2ccccc2[n+]1C. The van der Waals surface area contributed by atoms with Gasteiger partial charge in [0.1, 0.15) is 11.7 Å². The molecule has 2 aromatic carbocycles. The molecule has 0 saturated heterocycles. The van der Waals surface area contributed by atoms with Gasteiger partial charge in [-0.15, -0.1) is 0 Å². The van der Waals surface area contributed by atoms with E-state index in [0.29, 0.717) is 0 Å². The summed E-state index contributed by atoms with van der Waals surface area (Å²) in [5.41, 5.74) is 4.96. The Morgan fingerprint density at radius 3 is 2.42 bits per heavy atom. The maximum absolute atomic E-state index is 2.25. The van der Waals surface area contributed by atoms with Crippen molar-refractivity contribution in [2.75, 3.05) is 19.0 Å². The fourth-order valence-corrected chi connectivity index (χ4v) is 3.76. The third kappa shape index (κ3) is 3.57. The van der Waals surface area contributed by atoms with Crippen molar-refractivity contribution in [2.24, 2.45) is 7.05 Å². The van der Waals surface area contributed by atoms with E-state index in [1.54, 1.807) is 0 Å². The van der Waals surface area contributed by atoms with E-state index in [4.69, 9.17) is 0 Å². The van der Waals surface area contributed by atoms with Gasteiger partial charge in [-0.2, -0.15) is 4.57 Å². The van der Waals surface area contributed by atoms with Crippen molar-refractivity contribution >= 4 is 39.4 Å². The highest BCUT2D eigenvalue weighted by molar-refractivity contribution is 7.18. The number of allylic oxidation sites excluding steroid dienone is 2. The zero-order valence-corrected chi connectivity index (χ0v) is 15.5. The monoisotopic (exact) mass is 335 g/mol. The molecule has 2 nitrogen and oxygen atoms in total.